The van der Waals surface area contributed by atoms with Gasteiger partial charge in [-0.3, -0.25) is 4.84 Å². The summed E-state index contributed by atoms with van der Waals surface area (Å²) in [5.74, 6) is 2.46. The Morgan fingerprint density at radius 2 is 1.79 bits per heavy atom. The smallest absolute Gasteiger partial charge is 0.108 e. The molecule has 0 aliphatic carbocycles. The first-order valence-electron chi connectivity index (χ1n) is 6.78. The molecule has 2 aliphatic rings. The van der Waals surface area contributed by atoms with E-state index in [0.29, 0.717) is 6.04 Å². The largest absolute Gasteiger partial charge is 0.295 e. The molecule has 0 radical (unpaired) electrons. The van der Waals surface area contributed by atoms with Crippen molar-refractivity contribution in [3.8, 4) is 0 Å². The highest BCUT2D eigenvalue weighted by atomic mass is 32.2. The molecule has 1 aromatic carbocycles. The van der Waals surface area contributed by atoms with E-state index in [1.54, 1.807) is 0 Å². The minimum Gasteiger partial charge on any atom is -0.295 e. The summed E-state index contributed by atoms with van der Waals surface area (Å²) in [6.45, 7) is 7.50. The third-order valence-corrected chi connectivity index (χ3v) is 7.05. The Kier molecular flexibility index (Phi) is 3.63. The lowest BCUT2D eigenvalue weighted by molar-refractivity contribution is -0.189. The average molecular weight is 295 g/mol. The summed E-state index contributed by atoms with van der Waals surface area (Å²) in [4.78, 5) is 6.11. The highest BCUT2D eigenvalue weighted by Gasteiger charge is 2.55. The van der Waals surface area contributed by atoms with Crippen LogP contribution in [0.1, 0.15) is 32.4 Å². The molecule has 2 saturated heterocycles. The Hall–Kier alpha value is -0.160. The lowest BCUT2D eigenvalue weighted by Crippen LogP contribution is -2.42. The second-order valence-corrected chi connectivity index (χ2v) is 9.20. The molecular weight excluding hydrogens is 274 g/mol. The standard InChI is InChI=1S/C15H21NOS2/c1-14(2,3)16-13(12-7-5-4-6-8-12)15(11-17-16)18-9-10-19-15/h4-8,13H,9-11H2,1-3H3/t13-/m1/s1. The van der Waals surface area contributed by atoms with Crippen LogP contribution in [0.3, 0.4) is 0 Å². The van der Waals surface area contributed by atoms with Crippen LogP contribution < -0.4 is 0 Å². The van der Waals surface area contributed by atoms with Gasteiger partial charge in [0.15, 0.2) is 0 Å². The maximum Gasteiger partial charge on any atom is 0.108 e. The van der Waals surface area contributed by atoms with Crippen molar-refractivity contribution in [3.63, 3.8) is 0 Å². The highest BCUT2D eigenvalue weighted by molar-refractivity contribution is 8.21. The van der Waals surface area contributed by atoms with Gasteiger partial charge in [0.25, 0.3) is 0 Å². The van der Waals surface area contributed by atoms with Crippen molar-refractivity contribution in [2.75, 3.05) is 18.1 Å². The van der Waals surface area contributed by atoms with Crippen molar-refractivity contribution >= 4 is 23.5 Å². The van der Waals surface area contributed by atoms with E-state index in [2.05, 4.69) is 79.7 Å². The number of rotatable bonds is 1. The Balaban J connectivity index is 2.01. The monoisotopic (exact) mass is 295 g/mol. The zero-order chi connectivity index (χ0) is 13.5. The van der Waals surface area contributed by atoms with Gasteiger partial charge in [0, 0.05) is 17.0 Å². The first-order valence-corrected chi connectivity index (χ1v) is 8.75. The number of nitrogens with zero attached hydrogens (tertiary/aromatic N) is 1. The van der Waals surface area contributed by atoms with Crippen LogP contribution in [0.25, 0.3) is 0 Å². The first-order chi connectivity index (χ1) is 9.03. The lowest BCUT2D eigenvalue weighted by Gasteiger charge is -2.38. The van der Waals surface area contributed by atoms with E-state index >= 15 is 0 Å². The molecule has 3 rings (SSSR count). The van der Waals surface area contributed by atoms with E-state index in [4.69, 9.17) is 4.84 Å². The maximum absolute atomic E-state index is 6.11. The Bertz CT molecular complexity index is 437. The quantitative estimate of drug-likeness (QED) is 0.777. The van der Waals surface area contributed by atoms with E-state index in [0.717, 1.165) is 6.61 Å². The number of hydrogen-bond donors (Lipinski definition) is 0. The van der Waals surface area contributed by atoms with Gasteiger partial charge in [0.1, 0.15) is 4.08 Å². The predicted molar refractivity (Wildman–Crippen MR) is 84.4 cm³/mol. The summed E-state index contributed by atoms with van der Waals surface area (Å²) in [5.41, 5.74) is 1.39. The first kappa shape index (κ1) is 13.8. The molecule has 0 N–H and O–H groups in total. The summed E-state index contributed by atoms with van der Waals surface area (Å²) in [6.07, 6.45) is 0. The van der Waals surface area contributed by atoms with Gasteiger partial charge in [-0.2, -0.15) is 5.06 Å². The average Bonchev–Trinajstić information content (AvgIpc) is 2.98. The van der Waals surface area contributed by atoms with Crippen LogP contribution in [0, 0.1) is 0 Å². The zero-order valence-electron chi connectivity index (χ0n) is 11.8. The molecule has 1 aromatic rings. The van der Waals surface area contributed by atoms with E-state index in [1.165, 1.54) is 17.1 Å². The van der Waals surface area contributed by atoms with Crippen molar-refractivity contribution in [2.24, 2.45) is 0 Å². The number of hydrogen-bond acceptors (Lipinski definition) is 4. The van der Waals surface area contributed by atoms with Crippen LogP contribution in [-0.4, -0.2) is 32.8 Å². The van der Waals surface area contributed by atoms with E-state index in [-0.39, 0.29) is 9.62 Å². The van der Waals surface area contributed by atoms with Gasteiger partial charge in [0.2, 0.25) is 0 Å². The fourth-order valence-corrected chi connectivity index (χ4v) is 6.05. The molecule has 0 saturated carbocycles. The molecule has 104 valence electrons. The molecule has 2 nitrogen and oxygen atoms in total. The zero-order valence-corrected chi connectivity index (χ0v) is 13.4. The molecule has 1 spiro atoms. The normalized spacial score (nSPS) is 27.2. The van der Waals surface area contributed by atoms with Gasteiger partial charge in [-0.25, -0.2) is 0 Å². The summed E-state index contributed by atoms with van der Waals surface area (Å²) in [7, 11) is 0. The van der Waals surface area contributed by atoms with Crippen LogP contribution in [0.4, 0.5) is 0 Å². The molecule has 19 heavy (non-hydrogen) atoms. The molecule has 0 aromatic heterocycles. The minimum absolute atomic E-state index is 0.0215. The van der Waals surface area contributed by atoms with Gasteiger partial charge >= 0.3 is 0 Å². The maximum atomic E-state index is 6.11. The van der Waals surface area contributed by atoms with Crippen molar-refractivity contribution in [2.45, 2.75) is 36.4 Å². The molecule has 1 atom stereocenters. The van der Waals surface area contributed by atoms with Crippen LogP contribution in [0.2, 0.25) is 0 Å². The fourth-order valence-electron chi connectivity index (χ4n) is 2.81. The molecule has 2 aliphatic heterocycles. The molecule has 0 amide bonds. The van der Waals surface area contributed by atoms with Crippen molar-refractivity contribution in [3.05, 3.63) is 35.9 Å². The summed E-state index contributed by atoms with van der Waals surface area (Å²) >= 11 is 4.14. The van der Waals surface area contributed by atoms with Crippen molar-refractivity contribution in [1.82, 2.24) is 5.06 Å². The molecule has 2 fully saturated rings. The van der Waals surface area contributed by atoms with Crippen LogP contribution in [0.15, 0.2) is 30.3 Å². The van der Waals surface area contributed by atoms with Gasteiger partial charge in [0.05, 0.1) is 12.6 Å². The molecule has 0 unspecified atom stereocenters. The SMILES string of the molecule is CC(C)(C)N1OCC2(SCCS2)[C@H]1c1ccccc1. The summed E-state index contributed by atoms with van der Waals surface area (Å²) < 4.78 is 0.175. The lowest BCUT2D eigenvalue weighted by atomic mass is 9.99. The summed E-state index contributed by atoms with van der Waals surface area (Å²) in [5, 5.41) is 2.22. The minimum atomic E-state index is 0.0215. The Labute approximate surface area is 124 Å². The third kappa shape index (κ3) is 2.44. The highest BCUT2D eigenvalue weighted by Crippen LogP contribution is 2.58. The predicted octanol–water partition coefficient (Wildman–Crippen LogP) is 3.95. The summed E-state index contributed by atoms with van der Waals surface area (Å²) in [6, 6.07) is 11.2. The van der Waals surface area contributed by atoms with Crippen molar-refractivity contribution < 1.29 is 4.84 Å². The molecular formula is C15H21NOS2. The van der Waals surface area contributed by atoms with Crippen LogP contribution in [0.5, 0.6) is 0 Å². The third-order valence-electron chi connectivity index (χ3n) is 3.61. The Morgan fingerprint density at radius 3 is 2.37 bits per heavy atom. The van der Waals surface area contributed by atoms with Gasteiger partial charge < -0.3 is 0 Å². The van der Waals surface area contributed by atoms with Gasteiger partial charge in [-0.05, 0) is 26.3 Å². The van der Waals surface area contributed by atoms with Gasteiger partial charge in [-0.15, -0.1) is 23.5 Å². The number of benzene rings is 1. The van der Waals surface area contributed by atoms with E-state index in [1.807, 2.05) is 0 Å². The molecule has 4 heteroatoms. The van der Waals surface area contributed by atoms with Gasteiger partial charge in [-0.1, -0.05) is 30.3 Å². The molecule has 0 bridgehead atoms. The number of hydroxylamine groups is 2. The van der Waals surface area contributed by atoms with E-state index < -0.39 is 0 Å². The second kappa shape index (κ2) is 4.99. The van der Waals surface area contributed by atoms with E-state index in [9.17, 15) is 0 Å². The van der Waals surface area contributed by atoms with Crippen LogP contribution >= 0.6 is 23.5 Å². The fraction of sp³-hybridized carbons (Fsp3) is 0.600. The number of thioether (sulfide) groups is 2. The Morgan fingerprint density at radius 1 is 1.16 bits per heavy atom. The van der Waals surface area contributed by atoms with Crippen LogP contribution in [-0.2, 0) is 4.84 Å². The topological polar surface area (TPSA) is 12.5 Å². The van der Waals surface area contributed by atoms with Crippen molar-refractivity contribution in [1.29, 1.82) is 0 Å². The molecule has 2 heterocycles. The second-order valence-electron chi connectivity index (χ2n) is 6.09.